The minimum absolute atomic E-state index is 0.187. The van der Waals surface area contributed by atoms with Crippen molar-refractivity contribution in [2.45, 2.75) is 24.7 Å². The maximum atomic E-state index is 13.2. The van der Waals surface area contributed by atoms with Crippen molar-refractivity contribution in [2.24, 2.45) is 0 Å². The molecule has 1 aliphatic rings. The van der Waals surface area contributed by atoms with Gasteiger partial charge < -0.3 is 9.80 Å². The number of allylic oxidation sites excluding steroid dienone is 2. The number of carbonyl (C=O) groups excluding carboxylic acids is 1. The maximum Gasteiger partial charge on any atom is 0.238 e. The van der Waals surface area contributed by atoms with Crippen molar-refractivity contribution in [3.8, 4) is 0 Å². The molecule has 1 aromatic rings. The fraction of sp³-hybridized carbons (Fsp3) is 0.421. The lowest BCUT2D eigenvalue weighted by molar-refractivity contribution is -0.123. The van der Waals surface area contributed by atoms with Crippen molar-refractivity contribution < 1.29 is 4.79 Å². The molecule has 0 aliphatic carbocycles. The van der Waals surface area contributed by atoms with Crippen molar-refractivity contribution in [3.05, 3.63) is 55.1 Å². The Bertz CT molecular complexity index is 552. The van der Waals surface area contributed by atoms with E-state index in [-0.39, 0.29) is 5.91 Å². The van der Waals surface area contributed by atoms with Crippen LogP contribution in [0.4, 0.5) is 5.69 Å². The first-order valence-electron chi connectivity index (χ1n) is 7.85. The summed E-state index contributed by atoms with van der Waals surface area (Å²) in [6.45, 7) is 9.44. The first-order valence-corrected chi connectivity index (χ1v) is 7.85. The molecule has 22 heavy (non-hydrogen) atoms. The van der Waals surface area contributed by atoms with Crippen molar-refractivity contribution >= 4 is 11.6 Å². The Morgan fingerprint density at radius 3 is 2.41 bits per heavy atom. The zero-order chi connectivity index (χ0) is 16.2. The minimum Gasteiger partial charge on any atom is -0.311 e. The van der Waals surface area contributed by atoms with E-state index < -0.39 is 5.41 Å². The average molecular weight is 298 g/mol. The molecule has 1 heterocycles. The van der Waals surface area contributed by atoms with Gasteiger partial charge in [0.05, 0.1) is 5.41 Å². The standard InChI is InChI=1S/C19H26N2O/c1-5-12-19(13-6-2)16-10-7-8-11-17(16)21(18(19)22)15-9-14-20(3)4/h5-8,10-11H,1-2,9,12-15H2,3-4H3. The molecule has 0 N–H and O–H groups in total. The summed E-state index contributed by atoms with van der Waals surface area (Å²) in [4.78, 5) is 17.3. The molecule has 0 aromatic heterocycles. The van der Waals surface area contributed by atoms with Crippen LogP contribution in [-0.4, -0.2) is 38.0 Å². The number of carbonyl (C=O) groups is 1. The first-order chi connectivity index (χ1) is 10.6. The van der Waals surface area contributed by atoms with Crippen LogP contribution >= 0.6 is 0 Å². The molecule has 2 rings (SSSR count). The van der Waals surface area contributed by atoms with Gasteiger partial charge in [0.2, 0.25) is 5.91 Å². The molecule has 1 amide bonds. The molecule has 0 saturated heterocycles. The predicted molar refractivity (Wildman–Crippen MR) is 93.3 cm³/mol. The highest BCUT2D eigenvalue weighted by Crippen LogP contribution is 2.46. The molecule has 0 fully saturated rings. The van der Waals surface area contributed by atoms with Crippen LogP contribution in [0.3, 0.4) is 0 Å². The van der Waals surface area contributed by atoms with Crippen LogP contribution in [0.25, 0.3) is 0 Å². The summed E-state index contributed by atoms with van der Waals surface area (Å²) in [7, 11) is 4.11. The number of amides is 1. The van der Waals surface area contributed by atoms with Gasteiger partial charge in [-0.2, -0.15) is 0 Å². The van der Waals surface area contributed by atoms with Crippen molar-refractivity contribution in [3.63, 3.8) is 0 Å². The van der Waals surface area contributed by atoms with Crippen LogP contribution < -0.4 is 4.90 Å². The van der Waals surface area contributed by atoms with Crippen LogP contribution in [0.2, 0.25) is 0 Å². The number of hydrogen-bond acceptors (Lipinski definition) is 2. The summed E-state index contributed by atoms with van der Waals surface area (Å²) in [6.07, 6.45) is 5.96. The third-order valence-corrected chi connectivity index (χ3v) is 4.34. The number of para-hydroxylation sites is 1. The largest absolute Gasteiger partial charge is 0.311 e. The lowest BCUT2D eigenvalue weighted by atomic mass is 9.76. The van der Waals surface area contributed by atoms with E-state index in [1.165, 1.54) is 0 Å². The summed E-state index contributed by atoms with van der Waals surface area (Å²) in [5.74, 6) is 0.187. The molecular formula is C19H26N2O. The van der Waals surface area contributed by atoms with E-state index >= 15 is 0 Å². The molecule has 1 aliphatic heterocycles. The van der Waals surface area contributed by atoms with Crippen molar-refractivity contribution in [1.82, 2.24) is 4.90 Å². The Balaban J connectivity index is 2.36. The van der Waals surface area contributed by atoms with E-state index in [1.54, 1.807) is 0 Å². The molecule has 118 valence electrons. The summed E-state index contributed by atoms with van der Waals surface area (Å²) < 4.78 is 0. The van der Waals surface area contributed by atoms with E-state index in [0.29, 0.717) is 12.8 Å². The van der Waals surface area contributed by atoms with Crippen LogP contribution in [0.15, 0.2) is 49.6 Å². The minimum atomic E-state index is -0.516. The van der Waals surface area contributed by atoms with E-state index in [0.717, 1.165) is 30.8 Å². The topological polar surface area (TPSA) is 23.6 Å². The highest BCUT2D eigenvalue weighted by Gasteiger charge is 2.48. The molecule has 3 heteroatoms. The second kappa shape index (κ2) is 6.93. The maximum absolute atomic E-state index is 13.2. The van der Waals surface area contributed by atoms with Gasteiger partial charge in [-0.3, -0.25) is 4.79 Å². The monoisotopic (exact) mass is 298 g/mol. The predicted octanol–water partition coefficient (Wildman–Crippen LogP) is 3.37. The fourth-order valence-electron chi connectivity index (χ4n) is 3.33. The van der Waals surface area contributed by atoms with Crippen LogP contribution in [-0.2, 0) is 10.2 Å². The lowest BCUT2D eigenvalue weighted by Crippen LogP contribution is -2.40. The van der Waals surface area contributed by atoms with Gasteiger partial charge in [-0.25, -0.2) is 0 Å². The van der Waals surface area contributed by atoms with Gasteiger partial charge in [-0.1, -0.05) is 30.4 Å². The summed E-state index contributed by atoms with van der Waals surface area (Å²) in [5.41, 5.74) is 1.65. The van der Waals surface area contributed by atoms with Crippen LogP contribution in [0.1, 0.15) is 24.8 Å². The molecular weight excluding hydrogens is 272 g/mol. The van der Waals surface area contributed by atoms with Crippen molar-refractivity contribution in [1.29, 1.82) is 0 Å². The van der Waals surface area contributed by atoms with Crippen molar-refractivity contribution in [2.75, 3.05) is 32.1 Å². The van der Waals surface area contributed by atoms with Crippen LogP contribution in [0.5, 0.6) is 0 Å². The summed E-state index contributed by atoms with van der Waals surface area (Å²) in [6, 6.07) is 8.14. The van der Waals surface area contributed by atoms with Crippen LogP contribution in [0, 0.1) is 0 Å². The number of anilines is 1. The quantitative estimate of drug-likeness (QED) is 0.687. The summed E-state index contributed by atoms with van der Waals surface area (Å²) in [5, 5.41) is 0. The highest BCUT2D eigenvalue weighted by atomic mass is 16.2. The molecule has 3 nitrogen and oxygen atoms in total. The Morgan fingerprint density at radius 2 is 1.82 bits per heavy atom. The van der Waals surface area contributed by atoms with Gasteiger partial charge in [0, 0.05) is 12.2 Å². The number of hydrogen-bond donors (Lipinski definition) is 0. The Kier molecular flexibility index (Phi) is 5.19. The average Bonchev–Trinajstić information content (AvgIpc) is 2.71. The van der Waals surface area contributed by atoms with E-state index in [1.807, 2.05) is 29.2 Å². The van der Waals surface area contributed by atoms with Gasteiger partial charge in [0.1, 0.15) is 0 Å². The Morgan fingerprint density at radius 1 is 1.18 bits per heavy atom. The smallest absolute Gasteiger partial charge is 0.238 e. The number of benzene rings is 1. The normalized spacial score (nSPS) is 16.0. The zero-order valence-electron chi connectivity index (χ0n) is 13.7. The zero-order valence-corrected chi connectivity index (χ0v) is 13.7. The second-order valence-corrected chi connectivity index (χ2v) is 6.20. The van der Waals surface area contributed by atoms with E-state index in [2.05, 4.69) is 44.3 Å². The van der Waals surface area contributed by atoms with Gasteiger partial charge in [0.25, 0.3) is 0 Å². The molecule has 0 bridgehead atoms. The molecule has 0 atom stereocenters. The molecule has 0 unspecified atom stereocenters. The highest BCUT2D eigenvalue weighted by molar-refractivity contribution is 6.08. The second-order valence-electron chi connectivity index (χ2n) is 6.20. The van der Waals surface area contributed by atoms with Gasteiger partial charge in [-0.15, -0.1) is 13.2 Å². The molecule has 0 spiro atoms. The fourth-order valence-corrected chi connectivity index (χ4v) is 3.33. The van der Waals surface area contributed by atoms with Gasteiger partial charge >= 0.3 is 0 Å². The number of nitrogens with zero attached hydrogens (tertiary/aromatic N) is 2. The van der Waals surface area contributed by atoms with E-state index in [4.69, 9.17) is 0 Å². The Hall–Kier alpha value is -1.87. The molecule has 1 aromatic carbocycles. The van der Waals surface area contributed by atoms with E-state index in [9.17, 15) is 4.79 Å². The molecule has 0 saturated carbocycles. The third-order valence-electron chi connectivity index (χ3n) is 4.34. The van der Waals surface area contributed by atoms with Gasteiger partial charge in [-0.05, 0) is 51.5 Å². The lowest BCUT2D eigenvalue weighted by Gasteiger charge is -2.26. The first kappa shape index (κ1) is 16.5. The molecule has 0 radical (unpaired) electrons. The Labute approximate surface area is 133 Å². The summed E-state index contributed by atoms with van der Waals surface area (Å²) >= 11 is 0. The third kappa shape index (κ3) is 2.86. The SMILES string of the molecule is C=CCC1(CC=C)C(=O)N(CCCN(C)C)c2ccccc21. The number of rotatable bonds is 8. The van der Waals surface area contributed by atoms with Gasteiger partial charge in [0.15, 0.2) is 0 Å². The number of fused-ring (bicyclic) bond motifs is 1.